The second-order valence-electron chi connectivity index (χ2n) is 5.15. The van der Waals surface area contributed by atoms with E-state index in [4.69, 9.17) is 0 Å². The topological polar surface area (TPSA) is 6.48 Å². The minimum absolute atomic E-state index is 0.801. The molecule has 0 N–H and O–H groups in total. The van der Waals surface area contributed by atoms with Crippen molar-refractivity contribution in [3.05, 3.63) is 0 Å². The molecule has 2 saturated heterocycles. The Bertz CT molecular complexity index is 177. The van der Waals surface area contributed by atoms with E-state index in [9.17, 15) is 0 Å². The number of rotatable bonds is 5. The van der Waals surface area contributed by atoms with Gasteiger partial charge in [-0.2, -0.15) is 0 Å². The summed E-state index contributed by atoms with van der Waals surface area (Å²) < 4.78 is 0. The summed E-state index contributed by atoms with van der Waals surface area (Å²) in [5, 5.41) is 0. The van der Waals surface area contributed by atoms with Crippen molar-refractivity contribution in [1.29, 1.82) is 0 Å². The first-order valence-electron chi connectivity index (χ1n) is 6.85. The Morgan fingerprint density at radius 1 is 1.07 bits per heavy atom. The van der Waals surface area contributed by atoms with Crippen molar-refractivity contribution in [2.24, 2.45) is 5.92 Å². The van der Waals surface area contributed by atoms with E-state index in [1.807, 2.05) is 0 Å². The van der Waals surface area contributed by atoms with Crippen molar-refractivity contribution in [2.75, 3.05) is 26.2 Å². The molecule has 2 fully saturated rings. The Morgan fingerprint density at radius 2 is 1.73 bits per heavy atom. The molecule has 0 aliphatic carbocycles. The van der Waals surface area contributed by atoms with Gasteiger partial charge >= 0.3 is 0 Å². The first kappa shape index (κ1) is 11.4. The van der Waals surface area contributed by atoms with Gasteiger partial charge in [-0.3, -0.25) is 9.80 Å². The molecule has 0 aromatic carbocycles. The van der Waals surface area contributed by atoms with Crippen LogP contribution in [0.25, 0.3) is 0 Å². The molecule has 0 aromatic heterocycles. The van der Waals surface area contributed by atoms with Crippen molar-refractivity contribution in [2.45, 2.75) is 52.1 Å². The molecule has 2 bridgehead atoms. The summed E-state index contributed by atoms with van der Waals surface area (Å²) in [5.74, 6) is 0.924. The van der Waals surface area contributed by atoms with E-state index >= 15 is 0 Å². The molecule has 2 heteroatoms. The maximum absolute atomic E-state index is 2.73. The minimum Gasteiger partial charge on any atom is -0.286 e. The third kappa shape index (κ3) is 2.36. The Kier molecular flexibility index (Phi) is 4.04. The van der Waals surface area contributed by atoms with Gasteiger partial charge in [-0.1, -0.05) is 33.1 Å². The van der Waals surface area contributed by atoms with E-state index in [0.717, 1.165) is 12.1 Å². The normalized spacial score (nSPS) is 36.8. The molecule has 0 amide bonds. The molecule has 2 rings (SSSR count). The summed E-state index contributed by atoms with van der Waals surface area (Å²) in [7, 11) is 0. The average Bonchev–Trinajstić information content (AvgIpc) is 2.51. The summed E-state index contributed by atoms with van der Waals surface area (Å²) in [5.41, 5.74) is 0. The lowest BCUT2D eigenvalue weighted by Gasteiger charge is -2.40. The Balaban J connectivity index is 1.94. The van der Waals surface area contributed by atoms with Crippen molar-refractivity contribution in [3.8, 4) is 0 Å². The first-order chi connectivity index (χ1) is 7.36. The molecule has 15 heavy (non-hydrogen) atoms. The van der Waals surface area contributed by atoms with Gasteiger partial charge in [0.15, 0.2) is 0 Å². The zero-order valence-electron chi connectivity index (χ0n) is 10.4. The molecule has 2 heterocycles. The largest absolute Gasteiger partial charge is 0.286 e. The molecule has 3 atom stereocenters. The molecule has 0 saturated carbocycles. The lowest BCUT2D eigenvalue weighted by Crippen LogP contribution is -2.49. The van der Waals surface area contributed by atoms with Crippen molar-refractivity contribution < 1.29 is 0 Å². The van der Waals surface area contributed by atoms with Gasteiger partial charge in [-0.25, -0.2) is 0 Å². The third-order valence-electron chi connectivity index (χ3n) is 4.19. The molecule has 2 nitrogen and oxygen atoms in total. The highest BCUT2D eigenvalue weighted by Gasteiger charge is 2.38. The molecule has 0 aromatic rings. The molecule has 88 valence electrons. The fourth-order valence-electron chi connectivity index (χ4n) is 3.34. The van der Waals surface area contributed by atoms with E-state index < -0.39 is 0 Å². The number of hydrogen-bond acceptors (Lipinski definition) is 2. The van der Waals surface area contributed by atoms with Crippen LogP contribution in [0.2, 0.25) is 0 Å². The second-order valence-corrected chi connectivity index (χ2v) is 5.15. The monoisotopic (exact) mass is 210 g/mol. The molecule has 2 aliphatic rings. The summed E-state index contributed by atoms with van der Waals surface area (Å²) in [6.07, 6.45) is 7.75. The zero-order valence-corrected chi connectivity index (χ0v) is 10.4. The summed E-state index contributed by atoms with van der Waals surface area (Å²) in [6.45, 7) is 10.0. The molecule has 2 aliphatic heterocycles. The Labute approximate surface area is 94.6 Å². The van der Waals surface area contributed by atoms with Crippen molar-refractivity contribution >= 4 is 0 Å². The lowest BCUT2D eigenvalue weighted by molar-refractivity contribution is 0.0374. The van der Waals surface area contributed by atoms with E-state index in [1.165, 1.54) is 58.3 Å². The minimum atomic E-state index is 0.801. The van der Waals surface area contributed by atoms with E-state index in [-0.39, 0.29) is 0 Å². The second kappa shape index (κ2) is 5.31. The van der Waals surface area contributed by atoms with Crippen LogP contribution < -0.4 is 0 Å². The van der Waals surface area contributed by atoms with Gasteiger partial charge in [-0.05, 0) is 18.8 Å². The van der Waals surface area contributed by atoms with Gasteiger partial charge in [0.05, 0.1) is 6.17 Å². The van der Waals surface area contributed by atoms with Gasteiger partial charge in [-0.15, -0.1) is 0 Å². The molecular weight excluding hydrogens is 184 g/mol. The number of hydrogen-bond donors (Lipinski definition) is 0. The van der Waals surface area contributed by atoms with Gasteiger partial charge in [0.1, 0.15) is 0 Å². The first-order valence-corrected chi connectivity index (χ1v) is 6.85. The fraction of sp³-hybridized carbons (Fsp3) is 1.00. The van der Waals surface area contributed by atoms with Crippen LogP contribution in [0.1, 0.15) is 46.0 Å². The van der Waals surface area contributed by atoms with Crippen LogP contribution in [0.3, 0.4) is 0 Å². The van der Waals surface area contributed by atoms with Gasteiger partial charge in [0, 0.05) is 26.2 Å². The predicted octanol–water partition coefficient (Wildman–Crippen LogP) is 2.55. The van der Waals surface area contributed by atoms with Crippen LogP contribution in [0, 0.1) is 5.92 Å². The number of nitrogens with zero attached hydrogens (tertiary/aromatic N) is 2. The van der Waals surface area contributed by atoms with Gasteiger partial charge < -0.3 is 0 Å². The number of fused-ring (bicyclic) bond motifs is 2. The van der Waals surface area contributed by atoms with Crippen LogP contribution in [0.4, 0.5) is 0 Å². The quantitative estimate of drug-likeness (QED) is 0.688. The van der Waals surface area contributed by atoms with Crippen LogP contribution in [0.15, 0.2) is 0 Å². The average molecular weight is 210 g/mol. The summed E-state index contributed by atoms with van der Waals surface area (Å²) >= 11 is 0. The third-order valence-corrected chi connectivity index (χ3v) is 4.19. The molecule has 0 radical (unpaired) electrons. The maximum Gasteiger partial charge on any atom is 0.0652 e. The highest BCUT2D eigenvalue weighted by molar-refractivity contribution is 4.89. The van der Waals surface area contributed by atoms with Gasteiger partial charge in [0.25, 0.3) is 0 Å². The van der Waals surface area contributed by atoms with Crippen molar-refractivity contribution in [1.82, 2.24) is 9.80 Å². The highest BCUT2D eigenvalue weighted by atomic mass is 15.4. The fourth-order valence-corrected chi connectivity index (χ4v) is 3.34. The van der Waals surface area contributed by atoms with Crippen LogP contribution in [-0.4, -0.2) is 42.1 Å². The zero-order chi connectivity index (χ0) is 10.7. The number of unbranched alkanes of at least 4 members (excludes halogenated alkanes) is 1. The Morgan fingerprint density at radius 3 is 2.27 bits per heavy atom. The highest BCUT2D eigenvalue weighted by Crippen LogP contribution is 2.30. The SMILES string of the molecule is CCCCC(CC)C1N2CCCN1CC2. The van der Waals surface area contributed by atoms with Crippen LogP contribution in [-0.2, 0) is 0 Å². The molecule has 3 unspecified atom stereocenters. The van der Waals surface area contributed by atoms with E-state index in [2.05, 4.69) is 23.6 Å². The Hall–Kier alpha value is -0.0800. The summed E-state index contributed by atoms with van der Waals surface area (Å²) in [4.78, 5) is 5.46. The summed E-state index contributed by atoms with van der Waals surface area (Å²) in [6, 6.07) is 0. The smallest absolute Gasteiger partial charge is 0.0652 e. The standard InChI is InChI=1S/C13H26N2/c1-3-5-7-12(4-2)13-14-8-6-9-15(13)11-10-14/h12-13H,3-11H2,1-2H3. The van der Waals surface area contributed by atoms with E-state index in [1.54, 1.807) is 0 Å². The predicted molar refractivity (Wildman–Crippen MR) is 64.9 cm³/mol. The van der Waals surface area contributed by atoms with Crippen LogP contribution >= 0.6 is 0 Å². The molecule has 0 spiro atoms. The maximum atomic E-state index is 2.73. The van der Waals surface area contributed by atoms with Gasteiger partial charge in [0.2, 0.25) is 0 Å². The lowest BCUT2D eigenvalue weighted by atomic mass is 9.94. The molecular formula is C13H26N2. The van der Waals surface area contributed by atoms with Crippen LogP contribution in [0.5, 0.6) is 0 Å². The van der Waals surface area contributed by atoms with E-state index in [0.29, 0.717) is 0 Å². The van der Waals surface area contributed by atoms with Crippen molar-refractivity contribution in [3.63, 3.8) is 0 Å².